The van der Waals surface area contributed by atoms with E-state index in [-0.39, 0.29) is 23.7 Å². The zero-order valence-corrected chi connectivity index (χ0v) is 16.9. The van der Waals surface area contributed by atoms with E-state index >= 15 is 0 Å². The van der Waals surface area contributed by atoms with Crippen LogP contribution in [0.3, 0.4) is 0 Å². The van der Waals surface area contributed by atoms with Crippen molar-refractivity contribution in [1.29, 1.82) is 0 Å². The molecule has 1 aromatic rings. The van der Waals surface area contributed by atoms with Gasteiger partial charge in [0.1, 0.15) is 5.75 Å². The molecule has 1 aliphatic carbocycles. The van der Waals surface area contributed by atoms with Gasteiger partial charge >= 0.3 is 0 Å². The van der Waals surface area contributed by atoms with Gasteiger partial charge in [-0.25, -0.2) is 0 Å². The van der Waals surface area contributed by atoms with Gasteiger partial charge in [-0.2, -0.15) is 0 Å². The van der Waals surface area contributed by atoms with Crippen molar-refractivity contribution in [2.75, 3.05) is 20.2 Å². The first-order valence-electron chi connectivity index (χ1n) is 10.2. The number of carbonyl (C=O) groups is 2. The zero-order valence-electron chi connectivity index (χ0n) is 16.9. The Hall–Kier alpha value is -2.04. The topological polar surface area (TPSA) is 67.4 Å². The second-order valence-electron chi connectivity index (χ2n) is 7.91. The molecule has 5 heteroatoms. The molecule has 150 valence electrons. The van der Waals surface area contributed by atoms with Crippen molar-refractivity contribution in [3.8, 4) is 5.75 Å². The molecule has 0 saturated heterocycles. The standard InChI is InChI=1S/C22H34N2O3/c1-16(2)11-13-23-21(25)18-7-9-19(10-8-18)22(26)24-14-12-17-5-4-6-20(15-17)27-3/h4-6,15-16,18-19H,7-14H2,1-3H3,(H,23,25)(H,24,26). The molecule has 1 saturated carbocycles. The lowest BCUT2D eigenvalue weighted by atomic mass is 9.81. The highest BCUT2D eigenvalue weighted by atomic mass is 16.5. The van der Waals surface area contributed by atoms with E-state index in [1.54, 1.807) is 7.11 Å². The molecule has 0 spiro atoms. The maximum absolute atomic E-state index is 12.4. The highest BCUT2D eigenvalue weighted by molar-refractivity contribution is 5.81. The second-order valence-corrected chi connectivity index (χ2v) is 7.91. The number of ether oxygens (including phenoxy) is 1. The third-order valence-corrected chi connectivity index (χ3v) is 5.34. The van der Waals surface area contributed by atoms with Gasteiger partial charge in [0.15, 0.2) is 0 Å². The predicted molar refractivity (Wildman–Crippen MR) is 108 cm³/mol. The summed E-state index contributed by atoms with van der Waals surface area (Å²) in [7, 11) is 1.65. The fourth-order valence-corrected chi connectivity index (χ4v) is 3.55. The van der Waals surface area contributed by atoms with Crippen LogP contribution in [-0.4, -0.2) is 32.0 Å². The third-order valence-electron chi connectivity index (χ3n) is 5.34. The molecule has 0 radical (unpaired) electrons. The van der Waals surface area contributed by atoms with Crippen LogP contribution in [0.5, 0.6) is 5.75 Å². The van der Waals surface area contributed by atoms with E-state index in [4.69, 9.17) is 4.74 Å². The Kier molecular flexibility index (Phi) is 8.62. The van der Waals surface area contributed by atoms with Gasteiger partial charge in [0.2, 0.25) is 11.8 Å². The van der Waals surface area contributed by atoms with E-state index in [2.05, 4.69) is 24.5 Å². The summed E-state index contributed by atoms with van der Waals surface area (Å²) in [5, 5.41) is 6.09. The van der Waals surface area contributed by atoms with Crippen molar-refractivity contribution in [3.63, 3.8) is 0 Å². The first-order valence-corrected chi connectivity index (χ1v) is 10.2. The summed E-state index contributed by atoms with van der Waals surface area (Å²) >= 11 is 0. The number of amides is 2. The Morgan fingerprint density at radius 1 is 1.04 bits per heavy atom. The smallest absolute Gasteiger partial charge is 0.223 e. The van der Waals surface area contributed by atoms with Crippen LogP contribution in [0.25, 0.3) is 0 Å². The molecule has 0 aromatic heterocycles. The monoisotopic (exact) mass is 374 g/mol. The lowest BCUT2D eigenvalue weighted by Crippen LogP contribution is -2.38. The van der Waals surface area contributed by atoms with Gasteiger partial charge in [0, 0.05) is 24.9 Å². The summed E-state index contributed by atoms with van der Waals surface area (Å²) in [6.45, 7) is 5.69. The average Bonchev–Trinajstić information content (AvgIpc) is 2.67. The maximum atomic E-state index is 12.4. The van der Waals surface area contributed by atoms with Gasteiger partial charge in [-0.3, -0.25) is 9.59 Å². The summed E-state index contributed by atoms with van der Waals surface area (Å²) in [6.07, 6.45) is 5.01. The molecule has 0 heterocycles. The molecule has 2 rings (SSSR count). The fourth-order valence-electron chi connectivity index (χ4n) is 3.55. The number of nitrogens with one attached hydrogen (secondary N) is 2. The normalized spacial score (nSPS) is 19.6. The first-order chi connectivity index (χ1) is 13.0. The van der Waals surface area contributed by atoms with E-state index in [9.17, 15) is 9.59 Å². The van der Waals surface area contributed by atoms with E-state index < -0.39 is 0 Å². The summed E-state index contributed by atoms with van der Waals surface area (Å²) < 4.78 is 5.22. The predicted octanol–water partition coefficient (Wildman–Crippen LogP) is 3.32. The average molecular weight is 375 g/mol. The summed E-state index contributed by atoms with van der Waals surface area (Å²) in [5.74, 6) is 1.82. The number of carbonyl (C=O) groups excluding carboxylic acids is 2. The molecule has 1 aromatic carbocycles. The van der Waals surface area contributed by atoms with E-state index in [1.165, 1.54) is 0 Å². The van der Waals surface area contributed by atoms with Gasteiger partial charge in [-0.15, -0.1) is 0 Å². The van der Waals surface area contributed by atoms with Crippen molar-refractivity contribution in [2.24, 2.45) is 17.8 Å². The third kappa shape index (κ3) is 7.24. The van der Waals surface area contributed by atoms with Gasteiger partial charge in [0.05, 0.1) is 7.11 Å². The molecule has 2 amide bonds. The van der Waals surface area contributed by atoms with Crippen molar-refractivity contribution in [3.05, 3.63) is 29.8 Å². The minimum atomic E-state index is 0.0371. The van der Waals surface area contributed by atoms with Gasteiger partial charge < -0.3 is 15.4 Å². The molecule has 2 N–H and O–H groups in total. The van der Waals surface area contributed by atoms with E-state index in [1.807, 2.05) is 24.3 Å². The van der Waals surface area contributed by atoms with Gasteiger partial charge in [0.25, 0.3) is 0 Å². The summed E-state index contributed by atoms with van der Waals surface area (Å²) in [5.41, 5.74) is 1.15. The minimum Gasteiger partial charge on any atom is -0.497 e. The lowest BCUT2D eigenvalue weighted by molar-refractivity contribution is -0.130. The zero-order chi connectivity index (χ0) is 19.6. The number of hydrogen-bond donors (Lipinski definition) is 2. The molecule has 0 aliphatic heterocycles. The second kappa shape index (κ2) is 11.0. The molecule has 5 nitrogen and oxygen atoms in total. The van der Waals surface area contributed by atoms with Crippen LogP contribution in [0.15, 0.2) is 24.3 Å². The van der Waals surface area contributed by atoms with Crippen molar-refractivity contribution in [1.82, 2.24) is 10.6 Å². The van der Waals surface area contributed by atoms with Crippen LogP contribution < -0.4 is 15.4 Å². The number of rotatable bonds is 9. The minimum absolute atomic E-state index is 0.0371. The highest BCUT2D eigenvalue weighted by Gasteiger charge is 2.29. The van der Waals surface area contributed by atoms with Crippen LogP contribution in [0, 0.1) is 17.8 Å². The van der Waals surface area contributed by atoms with Crippen molar-refractivity contribution in [2.45, 2.75) is 52.4 Å². The fraction of sp³-hybridized carbons (Fsp3) is 0.636. The molecular weight excluding hydrogens is 340 g/mol. The van der Waals surface area contributed by atoms with Crippen LogP contribution in [-0.2, 0) is 16.0 Å². The van der Waals surface area contributed by atoms with Crippen LogP contribution in [0.1, 0.15) is 51.5 Å². The maximum Gasteiger partial charge on any atom is 0.223 e. The van der Waals surface area contributed by atoms with Crippen molar-refractivity contribution >= 4 is 11.8 Å². The molecular formula is C22H34N2O3. The van der Waals surface area contributed by atoms with Gasteiger partial charge in [-0.05, 0) is 62.1 Å². The van der Waals surface area contributed by atoms with Crippen molar-refractivity contribution < 1.29 is 14.3 Å². The van der Waals surface area contributed by atoms with Crippen LogP contribution in [0.2, 0.25) is 0 Å². The van der Waals surface area contributed by atoms with E-state index in [0.29, 0.717) is 12.5 Å². The summed E-state index contributed by atoms with van der Waals surface area (Å²) in [4.78, 5) is 24.6. The molecule has 1 aliphatic rings. The Morgan fingerprint density at radius 3 is 2.19 bits per heavy atom. The number of methoxy groups -OCH3 is 1. The Morgan fingerprint density at radius 2 is 1.63 bits per heavy atom. The molecule has 0 unspecified atom stereocenters. The van der Waals surface area contributed by atoms with Gasteiger partial charge in [-0.1, -0.05) is 26.0 Å². The molecule has 0 bridgehead atoms. The largest absolute Gasteiger partial charge is 0.497 e. The SMILES string of the molecule is COc1cccc(CCNC(=O)C2CCC(C(=O)NCCC(C)C)CC2)c1. The molecule has 1 fully saturated rings. The molecule has 27 heavy (non-hydrogen) atoms. The molecule has 0 atom stereocenters. The quantitative estimate of drug-likeness (QED) is 0.697. The number of benzene rings is 1. The van der Waals surface area contributed by atoms with Crippen LogP contribution in [0.4, 0.5) is 0 Å². The Labute approximate surface area is 163 Å². The first kappa shape index (κ1) is 21.3. The Balaban J connectivity index is 1.66. The summed E-state index contributed by atoms with van der Waals surface area (Å²) in [6, 6.07) is 7.91. The number of hydrogen-bond acceptors (Lipinski definition) is 3. The van der Waals surface area contributed by atoms with Crippen LogP contribution >= 0.6 is 0 Å². The van der Waals surface area contributed by atoms with E-state index in [0.717, 1.165) is 56.4 Å². The highest BCUT2D eigenvalue weighted by Crippen LogP contribution is 2.29. The Bertz CT molecular complexity index is 607. The lowest BCUT2D eigenvalue weighted by Gasteiger charge is -2.27.